The molecular weight excluding hydrogens is 252 g/mol. The molecule has 2 rings (SSSR count). The fourth-order valence-electron chi connectivity index (χ4n) is 0.993. The van der Waals surface area contributed by atoms with Gasteiger partial charge in [-0.1, -0.05) is 0 Å². The molecule has 0 N–H and O–H groups in total. The molecule has 2 heterocycles. The number of nitro groups is 1. The molecule has 0 saturated heterocycles. The molecule has 17 heavy (non-hydrogen) atoms. The minimum atomic E-state index is -0.686. The van der Waals surface area contributed by atoms with Crippen molar-refractivity contribution in [1.82, 2.24) is 24.7 Å². The molecule has 0 amide bonds. The maximum atomic E-state index is 10.7. The molecule has 0 fully saturated rings. The van der Waals surface area contributed by atoms with Crippen LogP contribution in [0, 0.1) is 10.1 Å². The second-order valence-electron chi connectivity index (χ2n) is 2.89. The summed E-state index contributed by atoms with van der Waals surface area (Å²) >= 11 is 5.52. The van der Waals surface area contributed by atoms with E-state index in [1.807, 2.05) is 0 Å². The number of hydrogen-bond donors (Lipinski definition) is 0. The maximum absolute atomic E-state index is 10.7. The number of hydrogen-bond acceptors (Lipinski definition) is 7. The second kappa shape index (κ2) is 4.29. The Labute approximate surface area is 99.2 Å². The number of aromatic nitrogens is 5. The Bertz CT molecular complexity index is 570. The molecule has 9 nitrogen and oxygen atoms in total. The summed E-state index contributed by atoms with van der Waals surface area (Å²) in [5, 5.41) is 14.3. The van der Waals surface area contributed by atoms with E-state index in [9.17, 15) is 10.1 Å². The van der Waals surface area contributed by atoms with Gasteiger partial charge < -0.3 is 4.74 Å². The fraction of sp³-hybridized carbons (Fsp3) is 0.143. The lowest BCUT2D eigenvalue weighted by molar-refractivity contribution is -0.386. The molecule has 2 aromatic rings. The van der Waals surface area contributed by atoms with Crippen molar-refractivity contribution in [2.45, 2.75) is 0 Å². The Balaban J connectivity index is 2.37. The number of nitrogens with zero attached hydrogens (tertiary/aromatic N) is 6. The van der Waals surface area contributed by atoms with Crippen LogP contribution in [0.3, 0.4) is 0 Å². The monoisotopic (exact) mass is 256 g/mol. The van der Waals surface area contributed by atoms with E-state index in [1.54, 1.807) is 7.05 Å². The van der Waals surface area contributed by atoms with E-state index in [2.05, 4.69) is 20.1 Å². The van der Waals surface area contributed by atoms with Crippen molar-refractivity contribution in [1.29, 1.82) is 0 Å². The van der Waals surface area contributed by atoms with Crippen molar-refractivity contribution in [3.8, 4) is 11.9 Å². The summed E-state index contributed by atoms with van der Waals surface area (Å²) < 4.78 is 6.43. The fourth-order valence-corrected chi connectivity index (χ4v) is 1.12. The van der Waals surface area contributed by atoms with E-state index in [0.29, 0.717) is 0 Å². The molecule has 2 aromatic heterocycles. The van der Waals surface area contributed by atoms with Crippen molar-refractivity contribution >= 4 is 17.3 Å². The van der Waals surface area contributed by atoms with Crippen LogP contribution in [0.4, 0.5) is 5.69 Å². The molecular formula is C7H5ClN6O3. The van der Waals surface area contributed by atoms with Gasteiger partial charge in [0.1, 0.15) is 12.5 Å². The Morgan fingerprint density at radius 3 is 2.88 bits per heavy atom. The van der Waals surface area contributed by atoms with Gasteiger partial charge in [0.25, 0.3) is 0 Å². The van der Waals surface area contributed by atoms with E-state index in [0.717, 1.165) is 6.20 Å². The highest BCUT2D eigenvalue weighted by atomic mass is 35.5. The molecule has 88 valence electrons. The highest BCUT2D eigenvalue weighted by Gasteiger charge is 2.20. The van der Waals surface area contributed by atoms with Gasteiger partial charge in [-0.05, 0) is 11.6 Å². The summed E-state index contributed by atoms with van der Waals surface area (Å²) in [5.74, 6) is -0.304. The molecule has 0 aliphatic carbocycles. The molecule has 0 aromatic carbocycles. The third-order valence-corrected chi connectivity index (χ3v) is 1.85. The molecule has 10 heteroatoms. The second-order valence-corrected chi connectivity index (χ2v) is 3.23. The third kappa shape index (κ3) is 2.45. The molecule has 0 spiro atoms. The van der Waals surface area contributed by atoms with Crippen molar-refractivity contribution in [3.05, 3.63) is 27.9 Å². The first kappa shape index (κ1) is 11.2. The molecule has 0 atom stereocenters. The van der Waals surface area contributed by atoms with Crippen LogP contribution in [0.1, 0.15) is 0 Å². The number of rotatable bonds is 3. The lowest BCUT2D eigenvalue weighted by Crippen LogP contribution is -1.99. The van der Waals surface area contributed by atoms with E-state index in [4.69, 9.17) is 16.3 Å². The summed E-state index contributed by atoms with van der Waals surface area (Å²) in [6.07, 6.45) is 2.33. The zero-order valence-electron chi connectivity index (χ0n) is 8.44. The van der Waals surface area contributed by atoms with Gasteiger partial charge >= 0.3 is 17.6 Å². The first-order valence-electron chi connectivity index (χ1n) is 4.26. The van der Waals surface area contributed by atoms with E-state index in [1.165, 1.54) is 11.0 Å². The van der Waals surface area contributed by atoms with Gasteiger partial charge in [-0.25, -0.2) is 4.98 Å². The average molecular weight is 257 g/mol. The highest BCUT2D eigenvalue weighted by molar-refractivity contribution is 6.28. The summed E-state index contributed by atoms with van der Waals surface area (Å²) in [6, 6.07) is -0.0645. The number of halogens is 1. The smallest absolute Gasteiger partial charge is 0.349 e. The Hall–Kier alpha value is -2.29. The van der Waals surface area contributed by atoms with Gasteiger partial charge in [-0.3, -0.25) is 14.8 Å². The van der Waals surface area contributed by atoms with Crippen LogP contribution in [0.2, 0.25) is 5.28 Å². The van der Waals surface area contributed by atoms with E-state index < -0.39 is 10.6 Å². The lowest BCUT2D eigenvalue weighted by Gasteiger charge is -2.00. The van der Waals surface area contributed by atoms with Gasteiger partial charge in [0.15, 0.2) is 0 Å². The van der Waals surface area contributed by atoms with Gasteiger partial charge in [0, 0.05) is 7.05 Å². The lowest BCUT2D eigenvalue weighted by atomic mass is 10.5. The number of aryl methyl sites for hydroxylation is 1. The summed E-state index contributed by atoms with van der Waals surface area (Å²) in [5.41, 5.74) is -0.415. The molecule has 0 aliphatic rings. The first-order chi connectivity index (χ1) is 8.06. The molecule has 0 radical (unpaired) electrons. The van der Waals surface area contributed by atoms with Crippen molar-refractivity contribution in [2.75, 3.05) is 0 Å². The highest BCUT2D eigenvalue weighted by Crippen LogP contribution is 2.27. The minimum absolute atomic E-state index is 0.0645. The van der Waals surface area contributed by atoms with Crippen LogP contribution in [-0.2, 0) is 7.05 Å². The maximum Gasteiger partial charge on any atom is 0.349 e. The molecule has 0 bridgehead atoms. The summed E-state index contributed by atoms with van der Waals surface area (Å²) in [6.45, 7) is 0. The largest absolute Gasteiger partial charge is 0.397 e. The summed E-state index contributed by atoms with van der Waals surface area (Å²) in [7, 11) is 1.63. The van der Waals surface area contributed by atoms with E-state index in [-0.39, 0.29) is 17.2 Å². The normalized spacial score (nSPS) is 10.2. The van der Waals surface area contributed by atoms with Gasteiger partial charge in [-0.15, -0.1) is 5.10 Å². The molecule has 0 saturated carbocycles. The Morgan fingerprint density at radius 2 is 2.29 bits per heavy atom. The predicted octanol–water partition coefficient (Wildman–Crippen LogP) is 0.959. The zero-order chi connectivity index (χ0) is 12.4. The van der Waals surface area contributed by atoms with Gasteiger partial charge in [0.05, 0.1) is 4.92 Å². The van der Waals surface area contributed by atoms with Crippen LogP contribution >= 0.6 is 11.6 Å². The molecule has 0 unspecified atom stereocenters. The zero-order valence-corrected chi connectivity index (χ0v) is 9.20. The minimum Gasteiger partial charge on any atom is -0.397 e. The van der Waals surface area contributed by atoms with Crippen LogP contribution in [0.25, 0.3) is 0 Å². The first-order valence-corrected chi connectivity index (χ1v) is 4.64. The third-order valence-electron chi connectivity index (χ3n) is 1.67. The van der Waals surface area contributed by atoms with E-state index >= 15 is 0 Å². The van der Waals surface area contributed by atoms with Gasteiger partial charge in [-0.2, -0.15) is 9.97 Å². The van der Waals surface area contributed by atoms with Gasteiger partial charge in [0.2, 0.25) is 5.28 Å². The topological polar surface area (TPSA) is 109 Å². The Morgan fingerprint density at radius 1 is 1.53 bits per heavy atom. The Kier molecular flexibility index (Phi) is 2.83. The summed E-state index contributed by atoms with van der Waals surface area (Å²) in [4.78, 5) is 20.8. The quantitative estimate of drug-likeness (QED) is 0.457. The standard InChI is InChI=1S/C7H5ClN6O3/c1-13-3-10-7(12-13)17-5-4(14(15)16)2-9-6(8)11-5/h2-3H,1H3. The number of ether oxygens (including phenoxy) is 1. The van der Waals surface area contributed by atoms with Crippen LogP contribution in [0.15, 0.2) is 12.5 Å². The van der Waals surface area contributed by atoms with Crippen LogP contribution < -0.4 is 4.74 Å². The predicted molar refractivity (Wildman–Crippen MR) is 54.8 cm³/mol. The van der Waals surface area contributed by atoms with Crippen molar-refractivity contribution in [2.24, 2.45) is 7.05 Å². The van der Waals surface area contributed by atoms with Crippen LogP contribution in [-0.4, -0.2) is 29.7 Å². The molecule has 0 aliphatic heterocycles. The SMILES string of the molecule is Cn1cnc(Oc2nc(Cl)ncc2[N+](=O)[O-])n1. The average Bonchev–Trinajstić information content (AvgIpc) is 2.63. The van der Waals surface area contributed by atoms with Crippen molar-refractivity contribution in [3.63, 3.8) is 0 Å². The van der Waals surface area contributed by atoms with Crippen LogP contribution in [0.5, 0.6) is 11.9 Å². The van der Waals surface area contributed by atoms with Crippen molar-refractivity contribution < 1.29 is 9.66 Å².